The Morgan fingerprint density at radius 1 is 0.450 bits per heavy atom. The minimum atomic E-state index is -0.180. The van der Waals surface area contributed by atoms with Crippen LogP contribution in [0.5, 0.6) is 0 Å². The number of carbonyl (C=O) groups is 2. The summed E-state index contributed by atoms with van der Waals surface area (Å²) in [6, 6.07) is 0. The molecule has 0 rings (SSSR count). The smallest absolute Gasteiger partial charge is 0.217 e. The van der Waals surface area contributed by atoms with Crippen LogP contribution in [0.25, 0.3) is 0 Å². The van der Waals surface area contributed by atoms with Crippen LogP contribution < -0.4 is 11.5 Å². The van der Waals surface area contributed by atoms with Crippen molar-refractivity contribution in [1.82, 2.24) is 0 Å². The van der Waals surface area contributed by atoms with Gasteiger partial charge in [-0.25, -0.2) is 0 Å². The molecular weight excluding hydrogens is 252 g/mol. The van der Waals surface area contributed by atoms with Crippen molar-refractivity contribution < 1.29 is 9.59 Å². The van der Waals surface area contributed by atoms with Crippen LogP contribution >= 0.6 is 0 Å². The van der Waals surface area contributed by atoms with Gasteiger partial charge in [-0.2, -0.15) is 0 Å². The molecule has 0 aromatic rings. The Kier molecular flexibility index (Phi) is 13.6. The molecule has 0 heterocycles. The second-order valence-electron chi connectivity index (χ2n) is 5.68. The minimum Gasteiger partial charge on any atom is -0.370 e. The highest BCUT2D eigenvalue weighted by Crippen LogP contribution is 2.12. The predicted molar refractivity (Wildman–Crippen MR) is 83.0 cm³/mol. The van der Waals surface area contributed by atoms with Gasteiger partial charge < -0.3 is 11.5 Å². The molecule has 20 heavy (non-hydrogen) atoms. The fourth-order valence-corrected chi connectivity index (χ4v) is 2.37. The van der Waals surface area contributed by atoms with Crippen molar-refractivity contribution in [3.63, 3.8) is 0 Å². The Morgan fingerprint density at radius 2 is 0.650 bits per heavy atom. The number of carbonyl (C=O) groups excluding carboxylic acids is 2. The Morgan fingerprint density at radius 3 is 0.850 bits per heavy atom. The molecule has 0 fully saturated rings. The number of primary amides is 2. The second-order valence-corrected chi connectivity index (χ2v) is 5.68. The zero-order chi connectivity index (χ0) is 15.1. The number of unbranched alkanes of at least 4 members (excludes halogenated alkanes) is 11. The predicted octanol–water partition coefficient (Wildman–Crippen LogP) is 3.42. The molecule has 0 aliphatic rings. The summed E-state index contributed by atoms with van der Waals surface area (Å²) in [5.41, 5.74) is 10.2. The average Bonchev–Trinajstić information content (AvgIpc) is 2.38. The molecule has 0 aromatic heterocycles. The van der Waals surface area contributed by atoms with E-state index in [9.17, 15) is 9.59 Å². The summed E-state index contributed by atoms with van der Waals surface area (Å²) in [5.74, 6) is -0.360. The van der Waals surface area contributed by atoms with Gasteiger partial charge in [-0.05, 0) is 12.8 Å². The molecule has 0 radical (unpaired) electrons. The minimum absolute atomic E-state index is 0.180. The maximum atomic E-state index is 10.5. The van der Waals surface area contributed by atoms with Crippen molar-refractivity contribution in [3.05, 3.63) is 0 Å². The van der Waals surface area contributed by atoms with Crippen molar-refractivity contribution in [1.29, 1.82) is 0 Å². The number of rotatable bonds is 15. The first-order valence-electron chi connectivity index (χ1n) is 8.19. The largest absolute Gasteiger partial charge is 0.370 e. The van der Waals surface area contributed by atoms with E-state index in [4.69, 9.17) is 11.5 Å². The van der Waals surface area contributed by atoms with Crippen LogP contribution in [0.15, 0.2) is 0 Å². The van der Waals surface area contributed by atoms with Crippen LogP contribution in [0.2, 0.25) is 0 Å². The standard InChI is InChI=1S/C16H32N2O2/c17-15(19)13-11-9-7-5-3-1-2-4-6-8-10-12-14-16(18)20/h1-14H2,(H2,17,19)(H2,18,20). The first-order valence-corrected chi connectivity index (χ1v) is 8.19. The summed E-state index contributed by atoms with van der Waals surface area (Å²) in [6.45, 7) is 0. The van der Waals surface area contributed by atoms with Gasteiger partial charge in [0.1, 0.15) is 0 Å². The van der Waals surface area contributed by atoms with Gasteiger partial charge in [-0.15, -0.1) is 0 Å². The monoisotopic (exact) mass is 284 g/mol. The van der Waals surface area contributed by atoms with Crippen LogP contribution in [0.1, 0.15) is 89.9 Å². The quantitative estimate of drug-likeness (QED) is 0.451. The molecule has 0 bridgehead atoms. The molecule has 0 atom stereocenters. The number of hydrogen-bond acceptors (Lipinski definition) is 2. The van der Waals surface area contributed by atoms with Crippen LogP contribution in [0.4, 0.5) is 0 Å². The van der Waals surface area contributed by atoms with E-state index in [0.29, 0.717) is 12.8 Å². The summed E-state index contributed by atoms with van der Waals surface area (Å²) in [7, 11) is 0. The second kappa shape index (κ2) is 14.4. The molecule has 0 spiro atoms. The van der Waals surface area contributed by atoms with Crippen LogP contribution in [-0.4, -0.2) is 11.8 Å². The van der Waals surface area contributed by atoms with E-state index in [1.807, 2.05) is 0 Å². The Labute approximate surface area is 123 Å². The van der Waals surface area contributed by atoms with E-state index in [-0.39, 0.29) is 11.8 Å². The molecule has 0 aliphatic heterocycles. The first-order chi connectivity index (χ1) is 9.63. The third-order valence-electron chi connectivity index (χ3n) is 3.60. The summed E-state index contributed by atoms with van der Waals surface area (Å²) < 4.78 is 0. The van der Waals surface area contributed by atoms with E-state index in [0.717, 1.165) is 25.7 Å². The van der Waals surface area contributed by atoms with Crippen molar-refractivity contribution in [2.45, 2.75) is 89.9 Å². The number of nitrogens with two attached hydrogens (primary N) is 2. The van der Waals surface area contributed by atoms with Gasteiger partial charge in [0.05, 0.1) is 0 Å². The highest BCUT2D eigenvalue weighted by molar-refractivity contribution is 5.73. The van der Waals surface area contributed by atoms with E-state index in [1.165, 1.54) is 51.4 Å². The topological polar surface area (TPSA) is 86.2 Å². The van der Waals surface area contributed by atoms with Crippen molar-refractivity contribution in [2.24, 2.45) is 11.5 Å². The van der Waals surface area contributed by atoms with Crippen molar-refractivity contribution >= 4 is 11.8 Å². The Balaban J connectivity index is 2.99. The van der Waals surface area contributed by atoms with Crippen LogP contribution in [-0.2, 0) is 9.59 Å². The lowest BCUT2D eigenvalue weighted by Gasteiger charge is -2.02. The highest BCUT2D eigenvalue weighted by atomic mass is 16.1. The third kappa shape index (κ3) is 16.9. The van der Waals surface area contributed by atoms with Crippen LogP contribution in [0, 0.1) is 0 Å². The Hall–Kier alpha value is -1.06. The molecular formula is C16H32N2O2. The van der Waals surface area contributed by atoms with E-state index in [2.05, 4.69) is 0 Å². The number of hydrogen-bond donors (Lipinski definition) is 2. The molecule has 0 aromatic carbocycles. The molecule has 0 saturated carbocycles. The molecule has 2 amide bonds. The van der Waals surface area contributed by atoms with Gasteiger partial charge in [0.2, 0.25) is 11.8 Å². The zero-order valence-corrected chi connectivity index (χ0v) is 12.9. The summed E-state index contributed by atoms with van der Waals surface area (Å²) >= 11 is 0. The lowest BCUT2D eigenvalue weighted by Crippen LogP contribution is -2.09. The highest BCUT2D eigenvalue weighted by Gasteiger charge is 1.96. The fourth-order valence-electron chi connectivity index (χ4n) is 2.37. The number of amides is 2. The Bertz CT molecular complexity index is 229. The van der Waals surface area contributed by atoms with Gasteiger partial charge >= 0.3 is 0 Å². The summed E-state index contributed by atoms with van der Waals surface area (Å²) in [5, 5.41) is 0. The van der Waals surface area contributed by atoms with E-state index >= 15 is 0 Å². The van der Waals surface area contributed by atoms with E-state index < -0.39 is 0 Å². The molecule has 4 nitrogen and oxygen atoms in total. The summed E-state index contributed by atoms with van der Waals surface area (Å²) in [4.78, 5) is 21.1. The molecule has 4 heteroatoms. The average molecular weight is 284 g/mol. The third-order valence-corrected chi connectivity index (χ3v) is 3.60. The maximum absolute atomic E-state index is 10.5. The lowest BCUT2D eigenvalue weighted by atomic mass is 10.0. The molecule has 4 N–H and O–H groups in total. The SMILES string of the molecule is NC(=O)CCCCCCCCCCCCCCC(N)=O. The normalized spacial score (nSPS) is 10.6. The zero-order valence-electron chi connectivity index (χ0n) is 12.9. The fraction of sp³-hybridized carbons (Fsp3) is 0.875. The maximum Gasteiger partial charge on any atom is 0.217 e. The molecule has 118 valence electrons. The van der Waals surface area contributed by atoms with Crippen LogP contribution in [0.3, 0.4) is 0 Å². The van der Waals surface area contributed by atoms with Gasteiger partial charge in [-0.3, -0.25) is 9.59 Å². The van der Waals surface area contributed by atoms with Gasteiger partial charge in [0.15, 0.2) is 0 Å². The van der Waals surface area contributed by atoms with Gasteiger partial charge in [0.25, 0.3) is 0 Å². The lowest BCUT2D eigenvalue weighted by molar-refractivity contribution is -0.119. The first kappa shape index (κ1) is 18.9. The van der Waals surface area contributed by atoms with E-state index in [1.54, 1.807) is 0 Å². The van der Waals surface area contributed by atoms with Crippen molar-refractivity contribution in [2.75, 3.05) is 0 Å². The molecule has 0 aliphatic carbocycles. The molecule has 0 saturated heterocycles. The summed E-state index contributed by atoms with van der Waals surface area (Å²) in [6.07, 6.45) is 15.5. The van der Waals surface area contributed by atoms with Gasteiger partial charge in [0, 0.05) is 12.8 Å². The van der Waals surface area contributed by atoms with Crippen molar-refractivity contribution in [3.8, 4) is 0 Å². The van der Waals surface area contributed by atoms with Gasteiger partial charge in [-0.1, -0.05) is 64.2 Å². The molecule has 0 unspecified atom stereocenters.